The van der Waals surface area contributed by atoms with Crippen molar-refractivity contribution in [3.05, 3.63) is 54.1 Å². The number of hydrogen-bond donors (Lipinski definition) is 2. The highest BCUT2D eigenvalue weighted by atomic mass is 19.1. The Morgan fingerprint density at radius 3 is 2.48 bits per heavy atom. The monoisotopic (exact) mass is 345 g/mol. The lowest BCUT2D eigenvalue weighted by Crippen LogP contribution is -2.38. The predicted octanol–water partition coefficient (Wildman–Crippen LogP) is 2.84. The topological polar surface area (TPSA) is 44.6 Å². The number of halogens is 1. The van der Waals surface area contributed by atoms with Crippen molar-refractivity contribution in [3.8, 4) is 0 Å². The van der Waals surface area contributed by atoms with E-state index in [9.17, 15) is 4.39 Å². The molecule has 1 heterocycles. The highest BCUT2D eigenvalue weighted by molar-refractivity contribution is 5.79. The fourth-order valence-corrected chi connectivity index (χ4v) is 2.71. The first-order valence-electron chi connectivity index (χ1n) is 8.76. The number of nitrogens with zero attached hydrogens (tertiary/aromatic N) is 3. The first-order valence-corrected chi connectivity index (χ1v) is 8.76. The number of rotatable bonds is 8. The summed E-state index contributed by atoms with van der Waals surface area (Å²) < 4.78 is 16.4. The van der Waals surface area contributed by atoms with Crippen molar-refractivity contribution in [1.82, 2.24) is 15.2 Å². The molecule has 1 aromatic heterocycles. The normalized spacial score (nSPS) is 11.4. The SMILES string of the molecule is CCN(CC)c1ccc(CNC(=NC)NCCn2cccc2)cc1F. The average molecular weight is 345 g/mol. The molecule has 0 unspecified atom stereocenters. The first kappa shape index (κ1) is 18.8. The molecule has 0 radical (unpaired) electrons. The maximum absolute atomic E-state index is 14.3. The van der Waals surface area contributed by atoms with Crippen LogP contribution in [0.4, 0.5) is 10.1 Å². The molecule has 25 heavy (non-hydrogen) atoms. The van der Waals surface area contributed by atoms with Crippen LogP contribution in [0.15, 0.2) is 47.7 Å². The van der Waals surface area contributed by atoms with Crippen molar-refractivity contribution in [3.63, 3.8) is 0 Å². The van der Waals surface area contributed by atoms with Gasteiger partial charge in [-0.2, -0.15) is 0 Å². The number of aliphatic imine (C=N–C) groups is 1. The van der Waals surface area contributed by atoms with Crippen molar-refractivity contribution in [2.24, 2.45) is 4.99 Å². The fourth-order valence-electron chi connectivity index (χ4n) is 2.71. The minimum Gasteiger partial charge on any atom is -0.370 e. The molecule has 2 rings (SSSR count). The van der Waals surface area contributed by atoms with Crippen LogP contribution in [-0.4, -0.2) is 37.2 Å². The van der Waals surface area contributed by atoms with E-state index in [2.05, 4.69) is 20.2 Å². The van der Waals surface area contributed by atoms with Crippen molar-refractivity contribution >= 4 is 11.6 Å². The van der Waals surface area contributed by atoms with Gasteiger partial charge in [-0.05, 0) is 43.7 Å². The Morgan fingerprint density at radius 1 is 1.16 bits per heavy atom. The largest absolute Gasteiger partial charge is 0.370 e. The van der Waals surface area contributed by atoms with E-state index in [-0.39, 0.29) is 5.82 Å². The molecule has 0 amide bonds. The van der Waals surface area contributed by atoms with Gasteiger partial charge in [0, 0.05) is 52.2 Å². The lowest BCUT2D eigenvalue weighted by Gasteiger charge is -2.22. The molecule has 0 saturated heterocycles. The molecule has 0 bridgehead atoms. The summed E-state index contributed by atoms with van der Waals surface area (Å²) >= 11 is 0. The van der Waals surface area contributed by atoms with Gasteiger partial charge >= 0.3 is 0 Å². The molecule has 0 fully saturated rings. The van der Waals surface area contributed by atoms with Gasteiger partial charge in [-0.25, -0.2) is 4.39 Å². The summed E-state index contributed by atoms with van der Waals surface area (Å²) in [7, 11) is 1.73. The van der Waals surface area contributed by atoms with Gasteiger partial charge in [0.25, 0.3) is 0 Å². The van der Waals surface area contributed by atoms with Crippen LogP contribution < -0.4 is 15.5 Å². The summed E-state index contributed by atoms with van der Waals surface area (Å²) in [5.41, 5.74) is 1.55. The summed E-state index contributed by atoms with van der Waals surface area (Å²) in [6.45, 7) is 7.80. The van der Waals surface area contributed by atoms with Gasteiger partial charge in [-0.3, -0.25) is 4.99 Å². The second kappa shape index (κ2) is 9.71. The standard InChI is InChI=1S/C19H28FN5/c1-4-25(5-2)18-9-8-16(14-17(18)20)15-23-19(21-3)22-10-13-24-11-6-7-12-24/h6-9,11-12,14H,4-5,10,13,15H2,1-3H3,(H2,21,22,23). The number of benzene rings is 1. The Balaban J connectivity index is 1.85. The molecule has 2 N–H and O–H groups in total. The predicted molar refractivity (Wildman–Crippen MR) is 103 cm³/mol. The number of anilines is 1. The van der Waals surface area contributed by atoms with Crippen molar-refractivity contribution in [2.45, 2.75) is 26.9 Å². The Labute approximate surface area is 149 Å². The smallest absolute Gasteiger partial charge is 0.191 e. The maximum atomic E-state index is 14.3. The number of hydrogen-bond acceptors (Lipinski definition) is 2. The molecule has 5 nitrogen and oxygen atoms in total. The zero-order valence-electron chi connectivity index (χ0n) is 15.3. The number of guanidine groups is 1. The van der Waals surface area contributed by atoms with E-state index >= 15 is 0 Å². The van der Waals surface area contributed by atoms with Crippen LogP contribution in [0.3, 0.4) is 0 Å². The third-order valence-corrected chi connectivity index (χ3v) is 4.13. The van der Waals surface area contributed by atoms with Gasteiger partial charge < -0.3 is 20.1 Å². The number of nitrogens with one attached hydrogen (secondary N) is 2. The molecule has 2 aromatic rings. The molecular formula is C19H28FN5. The summed E-state index contributed by atoms with van der Waals surface area (Å²) in [4.78, 5) is 6.21. The number of aromatic nitrogens is 1. The van der Waals surface area contributed by atoms with Gasteiger partial charge in [0.05, 0.1) is 5.69 Å². The lowest BCUT2D eigenvalue weighted by atomic mass is 10.2. The third-order valence-electron chi connectivity index (χ3n) is 4.13. The van der Waals surface area contributed by atoms with Gasteiger partial charge in [-0.1, -0.05) is 6.07 Å². The highest BCUT2D eigenvalue weighted by Gasteiger charge is 2.09. The average Bonchev–Trinajstić information content (AvgIpc) is 3.14. The summed E-state index contributed by atoms with van der Waals surface area (Å²) in [5.74, 6) is 0.527. The molecule has 1 aromatic carbocycles. The zero-order chi connectivity index (χ0) is 18.1. The van der Waals surface area contributed by atoms with E-state index in [0.29, 0.717) is 18.2 Å². The Hall–Kier alpha value is -2.50. The van der Waals surface area contributed by atoms with Gasteiger partial charge in [0.15, 0.2) is 5.96 Å². The van der Waals surface area contributed by atoms with E-state index in [1.54, 1.807) is 13.1 Å². The van der Waals surface area contributed by atoms with Gasteiger partial charge in [-0.15, -0.1) is 0 Å². The van der Waals surface area contributed by atoms with E-state index in [1.807, 2.05) is 55.4 Å². The molecule has 136 valence electrons. The molecule has 0 aliphatic rings. The minimum absolute atomic E-state index is 0.182. The van der Waals surface area contributed by atoms with Crippen LogP contribution >= 0.6 is 0 Å². The van der Waals surface area contributed by atoms with E-state index in [4.69, 9.17) is 0 Å². The first-order chi connectivity index (χ1) is 12.2. The van der Waals surface area contributed by atoms with E-state index < -0.39 is 0 Å². The zero-order valence-corrected chi connectivity index (χ0v) is 15.3. The Kier molecular flexibility index (Phi) is 7.32. The molecular weight excluding hydrogens is 317 g/mol. The lowest BCUT2D eigenvalue weighted by molar-refractivity contribution is 0.616. The van der Waals surface area contributed by atoms with E-state index in [0.717, 1.165) is 31.7 Å². The maximum Gasteiger partial charge on any atom is 0.191 e. The highest BCUT2D eigenvalue weighted by Crippen LogP contribution is 2.20. The van der Waals surface area contributed by atoms with Crippen LogP contribution in [0.25, 0.3) is 0 Å². The van der Waals surface area contributed by atoms with Crippen molar-refractivity contribution in [2.75, 3.05) is 31.6 Å². The minimum atomic E-state index is -0.182. The van der Waals surface area contributed by atoms with Gasteiger partial charge in [0.2, 0.25) is 0 Å². The second-order valence-corrected chi connectivity index (χ2v) is 5.73. The van der Waals surface area contributed by atoms with Crippen LogP contribution in [0.5, 0.6) is 0 Å². The van der Waals surface area contributed by atoms with E-state index in [1.165, 1.54) is 0 Å². The molecule has 0 spiro atoms. The summed E-state index contributed by atoms with van der Waals surface area (Å²) in [6, 6.07) is 9.40. The van der Waals surface area contributed by atoms with Crippen LogP contribution in [0.2, 0.25) is 0 Å². The van der Waals surface area contributed by atoms with Crippen LogP contribution in [0.1, 0.15) is 19.4 Å². The third kappa shape index (κ3) is 5.52. The van der Waals surface area contributed by atoms with Crippen LogP contribution in [-0.2, 0) is 13.1 Å². The molecule has 6 heteroatoms. The fraction of sp³-hybridized carbons (Fsp3) is 0.421. The van der Waals surface area contributed by atoms with Gasteiger partial charge in [0.1, 0.15) is 5.82 Å². The van der Waals surface area contributed by atoms with Crippen molar-refractivity contribution in [1.29, 1.82) is 0 Å². The quantitative estimate of drug-likeness (QED) is 0.571. The molecule has 0 atom stereocenters. The molecule has 0 aliphatic carbocycles. The second-order valence-electron chi connectivity index (χ2n) is 5.73. The summed E-state index contributed by atoms with van der Waals surface area (Å²) in [6.07, 6.45) is 4.05. The summed E-state index contributed by atoms with van der Waals surface area (Å²) in [5, 5.41) is 6.48. The Bertz CT molecular complexity index is 662. The van der Waals surface area contributed by atoms with Crippen molar-refractivity contribution < 1.29 is 4.39 Å². The Morgan fingerprint density at radius 2 is 1.88 bits per heavy atom. The molecule has 0 saturated carbocycles. The molecule has 0 aliphatic heterocycles. The van der Waals surface area contributed by atoms with Crippen LogP contribution in [0, 0.1) is 5.82 Å².